The van der Waals surface area contributed by atoms with Crippen molar-refractivity contribution >= 4 is 30.4 Å². The summed E-state index contributed by atoms with van der Waals surface area (Å²) in [6.45, 7) is 0. The number of benzene rings is 1. The number of hydrogen-bond donors (Lipinski definition) is 0. The first kappa shape index (κ1) is 20.8. The summed E-state index contributed by atoms with van der Waals surface area (Å²) in [4.78, 5) is 6.44. The second kappa shape index (κ2) is 10.0. The first-order valence-electron chi connectivity index (χ1n) is 12.0. The molecule has 0 heterocycles. The second-order valence-corrected chi connectivity index (χ2v) is 14.4. The fourth-order valence-electron chi connectivity index (χ4n) is 6.59. The van der Waals surface area contributed by atoms with Crippen LogP contribution in [0.5, 0.6) is 0 Å². The lowest BCUT2D eigenvalue weighted by molar-refractivity contribution is 0.456. The minimum absolute atomic E-state index is 0.882. The van der Waals surface area contributed by atoms with E-state index in [2.05, 4.69) is 30.3 Å². The zero-order valence-electron chi connectivity index (χ0n) is 17.5. The van der Waals surface area contributed by atoms with Crippen LogP contribution in [0.3, 0.4) is 0 Å². The molecule has 0 aliphatic heterocycles. The molecule has 3 fully saturated rings. The van der Waals surface area contributed by atoms with E-state index in [0.29, 0.717) is 0 Å². The van der Waals surface area contributed by atoms with Crippen LogP contribution >= 0.6 is 7.26 Å². The SMILES string of the molecule is [S-]C(=Nc1ccccc1)[P+](C1CCCCC1)(C1CCCCC1)C1CCCCC1. The van der Waals surface area contributed by atoms with E-state index >= 15 is 0 Å². The van der Waals surface area contributed by atoms with Crippen LogP contribution in [-0.4, -0.2) is 21.8 Å². The van der Waals surface area contributed by atoms with E-state index in [1.54, 1.807) is 0 Å². The summed E-state index contributed by atoms with van der Waals surface area (Å²) in [5, 5.41) is 0. The number of nitrogens with zero attached hydrogens (tertiary/aromatic N) is 1. The van der Waals surface area contributed by atoms with Crippen molar-refractivity contribution in [3.05, 3.63) is 30.3 Å². The van der Waals surface area contributed by atoms with E-state index in [1.165, 1.54) is 101 Å². The maximum Gasteiger partial charge on any atom is 0.0744 e. The highest BCUT2D eigenvalue weighted by Crippen LogP contribution is 2.78. The molecule has 4 rings (SSSR count). The van der Waals surface area contributed by atoms with Gasteiger partial charge in [-0.25, -0.2) is 4.99 Å². The molecular formula is C25H38NPS. The van der Waals surface area contributed by atoms with Crippen molar-refractivity contribution in [2.24, 2.45) is 4.99 Å². The van der Waals surface area contributed by atoms with Crippen LogP contribution in [0.1, 0.15) is 96.3 Å². The number of rotatable bonds is 5. The van der Waals surface area contributed by atoms with Crippen molar-refractivity contribution in [3.63, 3.8) is 0 Å². The van der Waals surface area contributed by atoms with Crippen molar-refractivity contribution in [2.45, 2.75) is 113 Å². The Hall–Kier alpha value is -0.460. The zero-order chi connectivity index (χ0) is 19.2. The minimum Gasteiger partial charge on any atom is -0.721 e. The van der Waals surface area contributed by atoms with Gasteiger partial charge < -0.3 is 12.6 Å². The maximum absolute atomic E-state index is 6.39. The molecule has 3 saturated carbocycles. The lowest BCUT2D eigenvalue weighted by Gasteiger charge is -2.51. The van der Waals surface area contributed by atoms with Gasteiger partial charge in [-0.15, -0.1) is 0 Å². The van der Waals surface area contributed by atoms with E-state index in [9.17, 15) is 0 Å². The van der Waals surface area contributed by atoms with Crippen molar-refractivity contribution in [3.8, 4) is 0 Å². The molecule has 0 amide bonds. The van der Waals surface area contributed by atoms with Crippen LogP contribution in [0.15, 0.2) is 35.3 Å². The maximum atomic E-state index is 6.39. The van der Waals surface area contributed by atoms with Crippen LogP contribution in [0.25, 0.3) is 0 Å². The molecule has 0 atom stereocenters. The topological polar surface area (TPSA) is 12.4 Å². The Labute approximate surface area is 178 Å². The molecule has 1 aromatic rings. The summed E-state index contributed by atoms with van der Waals surface area (Å²) in [5.41, 5.74) is 3.74. The standard InChI is InChI=1S/C25H38NPS/c28-25(26-21-13-5-1-6-14-21)27(22-15-7-2-8-16-22,23-17-9-3-10-18-23)24-19-11-4-12-20-24/h1,5-6,13-14,22-24H,2-4,7-12,15-20H2. The molecule has 0 aromatic heterocycles. The average Bonchev–Trinajstić information content (AvgIpc) is 2.77. The second-order valence-electron chi connectivity index (χ2n) is 9.44. The molecule has 0 spiro atoms. The predicted molar refractivity (Wildman–Crippen MR) is 128 cm³/mol. The van der Waals surface area contributed by atoms with Gasteiger partial charge in [-0.1, -0.05) is 37.5 Å². The third kappa shape index (κ3) is 4.34. The summed E-state index contributed by atoms with van der Waals surface area (Å²) in [5.74, 6) is 0. The highest BCUT2D eigenvalue weighted by Gasteiger charge is 2.57. The molecule has 1 aromatic carbocycles. The minimum atomic E-state index is -1.41. The van der Waals surface area contributed by atoms with Gasteiger partial charge in [0.2, 0.25) is 0 Å². The third-order valence-electron chi connectivity index (χ3n) is 7.85. The normalized spacial score (nSPS) is 24.4. The van der Waals surface area contributed by atoms with Crippen LogP contribution in [-0.2, 0) is 12.6 Å². The molecule has 3 heteroatoms. The molecule has 1 nitrogen and oxygen atoms in total. The van der Waals surface area contributed by atoms with Crippen molar-refractivity contribution in [1.82, 2.24) is 0 Å². The Morgan fingerprint density at radius 2 is 1.04 bits per heavy atom. The van der Waals surface area contributed by atoms with Gasteiger partial charge in [0.05, 0.1) is 22.7 Å². The summed E-state index contributed by atoms with van der Waals surface area (Å²) in [7, 11) is -1.41. The third-order valence-corrected chi connectivity index (χ3v) is 14.8. The molecule has 0 saturated heterocycles. The van der Waals surface area contributed by atoms with Gasteiger partial charge >= 0.3 is 0 Å². The van der Waals surface area contributed by atoms with Crippen molar-refractivity contribution < 1.29 is 0 Å². The monoisotopic (exact) mass is 415 g/mol. The first-order chi connectivity index (χ1) is 13.8. The van der Waals surface area contributed by atoms with E-state index in [4.69, 9.17) is 17.6 Å². The number of aliphatic imine (C=N–C) groups is 1. The molecule has 0 unspecified atom stereocenters. The molecule has 28 heavy (non-hydrogen) atoms. The first-order valence-corrected chi connectivity index (χ1v) is 14.4. The molecule has 0 radical (unpaired) electrons. The Bertz CT molecular complexity index is 580. The summed E-state index contributed by atoms with van der Waals surface area (Å²) in [6, 6.07) is 10.6. The summed E-state index contributed by atoms with van der Waals surface area (Å²) >= 11 is 6.39. The summed E-state index contributed by atoms with van der Waals surface area (Å²) in [6.07, 6.45) is 21.5. The fourth-order valence-corrected chi connectivity index (χ4v) is 14.7. The van der Waals surface area contributed by atoms with E-state index < -0.39 is 7.26 Å². The van der Waals surface area contributed by atoms with E-state index in [-0.39, 0.29) is 0 Å². The van der Waals surface area contributed by atoms with Gasteiger partial charge in [0, 0.05) is 12.0 Å². The molecule has 3 aliphatic rings. The van der Waals surface area contributed by atoms with Crippen LogP contribution in [0.2, 0.25) is 0 Å². The van der Waals surface area contributed by atoms with Gasteiger partial charge in [-0.3, -0.25) is 0 Å². The highest BCUT2D eigenvalue weighted by molar-refractivity contribution is 8.12. The fraction of sp³-hybridized carbons (Fsp3) is 0.720. The zero-order valence-corrected chi connectivity index (χ0v) is 19.2. The quantitative estimate of drug-likeness (QED) is 0.204. The summed E-state index contributed by atoms with van der Waals surface area (Å²) < 4.78 is 0. The Morgan fingerprint density at radius 3 is 1.43 bits per heavy atom. The van der Waals surface area contributed by atoms with Crippen LogP contribution in [0, 0.1) is 0 Å². The van der Waals surface area contributed by atoms with Crippen LogP contribution < -0.4 is 0 Å². The lowest BCUT2D eigenvalue weighted by atomic mass is 9.99. The van der Waals surface area contributed by atoms with Gasteiger partial charge in [0.15, 0.2) is 0 Å². The molecule has 0 bridgehead atoms. The molecule has 3 aliphatic carbocycles. The Kier molecular flexibility index (Phi) is 7.45. The molecule has 154 valence electrons. The van der Waals surface area contributed by atoms with E-state index in [1.807, 2.05) is 0 Å². The van der Waals surface area contributed by atoms with Crippen LogP contribution in [0.4, 0.5) is 5.69 Å². The highest BCUT2D eigenvalue weighted by atomic mass is 32.1. The van der Waals surface area contributed by atoms with Gasteiger partial charge in [0.1, 0.15) is 0 Å². The lowest BCUT2D eigenvalue weighted by Crippen LogP contribution is -2.39. The molecule has 0 N–H and O–H groups in total. The Balaban J connectivity index is 1.79. The van der Waals surface area contributed by atoms with Gasteiger partial charge in [-0.05, 0) is 89.2 Å². The smallest absolute Gasteiger partial charge is 0.0744 e. The van der Waals surface area contributed by atoms with E-state index in [0.717, 1.165) is 22.7 Å². The van der Waals surface area contributed by atoms with Crippen molar-refractivity contribution in [1.29, 1.82) is 0 Å². The van der Waals surface area contributed by atoms with Gasteiger partial charge in [-0.2, -0.15) is 0 Å². The van der Waals surface area contributed by atoms with Crippen molar-refractivity contribution in [2.75, 3.05) is 0 Å². The Morgan fingerprint density at radius 1 is 0.643 bits per heavy atom. The number of hydrogen-bond acceptors (Lipinski definition) is 2. The van der Waals surface area contributed by atoms with Gasteiger partial charge in [0.25, 0.3) is 0 Å². The predicted octanol–water partition coefficient (Wildman–Crippen LogP) is 8.24. The molecular weight excluding hydrogens is 377 g/mol. The average molecular weight is 416 g/mol. The number of para-hydroxylation sites is 1. The largest absolute Gasteiger partial charge is 0.721 e.